The van der Waals surface area contributed by atoms with E-state index in [1.54, 1.807) is 20.8 Å². The van der Waals surface area contributed by atoms with Crippen LogP contribution in [-0.2, 0) is 33.6 Å². The summed E-state index contributed by atoms with van der Waals surface area (Å²) in [5.41, 5.74) is 12.8. The maximum atomic E-state index is 11.3. The molecule has 3 aromatic carbocycles. The van der Waals surface area contributed by atoms with Crippen LogP contribution in [0.25, 0.3) is 32.7 Å². The predicted octanol–water partition coefficient (Wildman–Crippen LogP) is 9.13. The number of aromatic nitrogens is 3. The first-order valence-corrected chi connectivity index (χ1v) is 27.7. The summed E-state index contributed by atoms with van der Waals surface area (Å²) in [7, 11) is 0. The number of amides is 3. The third kappa shape index (κ3) is 10.2. The number of likely N-dealkylation sites (tertiary alicyclic amines) is 3. The van der Waals surface area contributed by atoms with E-state index < -0.39 is 0 Å². The molecule has 72 heavy (non-hydrogen) atoms. The summed E-state index contributed by atoms with van der Waals surface area (Å²) in [6, 6.07) is 21.9. The maximum absolute atomic E-state index is 11.3. The van der Waals surface area contributed by atoms with Gasteiger partial charge in [-0.15, -0.1) is 0 Å². The number of carbonyl (C=O) groups is 3. The molecule has 3 aliphatic heterocycles. The Labute approximate surface area is 427 Å². The number of nitrogens with zero attached hydrogens (tertiary/aromatic N) is 3. The van der Waals surface area contributed by atoms with Crippen LogP contribution >= 0.6 is 0 Å². The van der Waals surface area contributed by atoms with Gasteiger partial charge in [-0.25, -0.2) is 0 Å². The number of piperidine rings is 3. The van der Waals surface area contributed by atoms with Gasteiger partial charge in [0.1, 0.15) is 0 Å². The zero-order chi connectivity index (χ0) is 50.0. The molecule has 12 nitrogen and oxygen atoms in total. The standard InChI is InChI=1S/3C20H27N3O/c3*1-3-7-23-12-14(10-21-13(2)24)8-17-16-5-4-6-18-20(16)15(11-22-18)9-19(17)23/h3*4-6,11,14,17,19,22H,3,7-10,12H2,1-2H3,(H,21,24)/t3*14-,17+,19+/m000/s1. The van der Waals surface area contributed by atoms with Crippen LogP contribution in [0.1, 0.15) is 131 Å². The lowest BCUT2D eigenvalue weighted by atomic mass is 9.72. The average Bonchev–Trinajstić information content (AvgIpc) is 4.12. The Hall–Kier alpha value is -5.43. The molecule has 0 saturated carbocycles. The fourth-order valence-corrected chi connectivity index (χ4v) is 14.6. The van der Waals surface area contributed by atoms with Crippen LogP contribution < -0.4 is 16.0 Å². The number of aromatic amines is 3. The van der Waals surface area contributed by atoms with Crippen molar-refractivity contribution in [3.05, 3.63) is 107 Å². The van der Waals surface area contributed by atoms with Gasteiger partial charge >= 0.3 is 0 Å². The summed E-state index contributed by atoms with van der Waals surface area (Å²) in [5, 5.41) is 13.5. The molecule has 6 heterocycles. The van der Waals surface area contributed by atoms with Crippen LogP contribution in [0.15, 0.2) is 73.2 Å². The Kier molecular flexibility index (Phi) is 15.3. The number of rotatable bonds is 12. The van der Waals surface area contributed by atoms with Crippen molar-refractivity contribution < 1.29 is 14.4 Å². The van der Waals surface area contributed by atoms with Crippen molar-refractivity contribution in [3.63, 3.8) is 0 Å². The highest BCUT2D eigenvalue weighted by Gasteiger charge is 2.43. The van der Waals surface area contributed by atoms with Gasteiger partial charge in [0.05, 0.1) is 0 Å². The van der Waals surface area contributed by atoms with E-state index in [0.717, 1.165) is 78.2 Å². The third-order valence-electron chi connectivity index (χ3n) is 17.4. The van der Waals surface area contributed by atoms with Gasteiger partial charge in [-0.2, -0.15) is 0 Å². The van der Waals surface area contributed by atoms with Crippen molar-refractivity contribution in [3.8, 4) is 0 Å². The fraction of sp³-hybridized carbons (Fsp3) is 0.550. The molecule has 3 aromatic heterocycles. The van der Waals surface area contributed by atoms with Crippen LogP contribution in [-0.4, -0.2) is 124 Å². The van der Waals surface area contributed by atoms with Gasteiger partial charge in [-0.05, 0) is 147 Å². The second kappa shape index (κ2) is 22.0. The van der Waals surface area contributed by atoms with Crippen molar-refractivity contribution in [2.24, 2.45) is 17.8 Å². The van der Waals surface area contributed by atoms with Gasteiger partial charge in [0.2, 0.25) is 17.7 Å². The molecule has 6 aromatic rings. The molecule has 6 N–H and O–H groups in total. The Balaban J connectivity index is 0.000000124. The summed E-state index contributed by atoms with van der Waals surface area (Å²) >= 11 is 0. The molecule has 12 heteroatoms. The number of carbonyl (C=O) groups excluding carboxylic acids is 3. The smallest absolute Gasteiger partial charge is 0.216 e. The second-order valence-electron chi connectivity index (χ2n) is 22.5. The molecule has 12 rings (SSSR count). The number of fused-ring (bicyclic) bond motifs is 6. The molecule has 3 aliphatic carbocycles. The van der Waals surface area contributed by atoms with E-state index >= 15 is 0 Å². The normalized spacial score (nSPS) is 26.3. The van der Waals surface area contributed by atoms with Crippen molar-refractivity contribution in [1.82, 2.24) is 45.6 Å². The lowest BCUT2D eigenvalue weighted by Crippen LogP contribution is -2.52. The quantitative estimate of drug-likeness (QED) is 0.0723. The van der Waals surface area contributed by atoms with Crippen molar-refractivity contribution >= 4 is 50.4 Å². The SMILES string of the molecule is CCCN1C[C@H](CNC(C)=O)C[C@@H]2c3cccc4[nH]cc(c34)C[C@H]21.CCCN1C[C@H](CNC(C)=O)C[C@@H]2c3cccc4[nH]cc(c34)C[C@H]21.CCCN1C[C@H](CNC(C)=O)C[C@@H]2c3cccc4[nH]cc(c34)C[C@H]21. The van der Waals surface area contributed by atoms with E-state index in [4.69, 9.17) is 0 Å². The zero-order valence-electron chi connectivity index (χ0n) is 43.9. The number of benzene rings is 3. The van der Waals surface area contributed by atoms with E-state index in [9.17, 15) is 14.4 Å². The summed E-state index contributed by atoms with van der Waals surface area (Å²) in [5.74, 6) is 3.60. The summed E-state index contributed by atoms with van der Waals surface area (Å²) in [6.45, 7) is 20.8. The Morgan fingerprint density at radius 1 is 0.472 bits per heavy atom. The van der Waals surface area contributed by atoms with E-state index in [1.807, 2.05) is 0 Å². The Morgan fingerprint density at radius 3 is 1.03 bits per heavy atom. The first-order chi connectivity index (χ1) is 35.0. The number of nitrogens with one attached hydrogen (secondary N) is 6. The number of hydrogen-bond donors (Lipinski definition) is 6. The minimum absolute atomic E-state index is 0.0813. The van der Waals surface area contributed by atoms with Gasteiger partial charge in [-0.1, -0.05) is 57.2 Å². The molecule has 0 bridgehead atoms. The second-order valence-corrected chi connectivity index (χ2v) is 22.5. The predicted molar refractivity (Wildman–Crippen MR) is 292 cm³/mol. The molecule has 3 saturated heterocycles. The van der Waals surface area contributed by atoms with E-state index in [1.165, 1.54) is 105 Å². The largest absolute Gasteiger partial charge is 0.361 e. The van der Waals surface area contributed by atoms with Crippen LogP contribution in [0.4, 0.5) is 0 Å². The molecular formula is C60H81N9O3. The molecule has 9 atom stereocenters. The number of hydrogen-bond acceptors (Lipinski definition) is 6. The van der Waals surface area contributed by atoms with Gasteiger partial charge in [0.25, 0.3) is 0 Å². The molecular weight excluding hydrogens is 895 g/mol. The van der Waals surface area contributed by atoms with E-state index in [0.29, 0.717) is 53.6 Å². The summed E-state index contributed by atoms with van der Waals surface area (Å²) in [4.78, 5) is 52.4. The molecule has 384 valence electrons. The summed E-state index contributed by atoms with van der Waals surface area (Å²) in [6.07, 6.45) is 17.1. The fourth-order valence-electron chi connectivity index (χ4n) is 14.6. The monoisotopic (exact) mass is 976 g/mol. The molecule has 3 amide bonds. The molecule has 0 unspecified atom stereocenters. The summed E-state index contributed by atoms with van der Waals surface area (Å²) < 4.78 is 0. The van der Waals surface area contributed by atoms with Crippen LogP contribution in [0.5, 0.6) is 0 Å². The maximum Gasteiger partial charge on any atom is 0.216 e. The highest BCUT2D eigenvalue weighted by atomic mass is 16.2. The Bertz CT molecular complexity index is 2560. The van der Waals surface area contributed by atoms with Gasteiger partial charge in [0, 0.05) is 147 Å². The van der Waals surface area contributed by atoms with E-state index in [-0.39, 0.29) is 17.7 Å². The van der Waals surface area contributed by atoms with Crippen LogP contribution in [0.3, 0.4) is 0 Å². The number of H-pyrrole nitrogens is 3. The van der Waals surface area contributed by atoms with Crippen molar-refractivity contribution in [1.29, 1.82) is 0 Å². The van der Waals surface area contributed by atoms with Gasteiger partial charge in [0.15, 0.2) is 0 Å². The van der Waals surface area contributed by atoms with Crippen molar-refractivity contribution in [2.45, 2.75) is 135 Å². The zero-order valence-corrected chi connectivity index (χ0v) is 43.9. The first kappa shape index (κ1) is 50.1. The molecule has 0 spiro atoms. The average molecular weight is 976 g/mol. The first-order valence-electron chi connectivity index (χ1n) is 27.7. The lowest BCUT2D eigenvalue weighted by Gasteiger charge is -2.47. The van der Waals surface area contributed by atoms with Crippen LogP contribution in [0.2, 0.25) is 0 Å². The molecule has 3 fully saturated rings. The minimum atomic E-state index is 0.0813. The van der Waals surface area contributed by atoms with Gasteiger partial charge in [-0.3, -0.25) is 29.1 Å². The van der Waals surface area contributed by atoms with Crippen LogP contribution in [0, 0.1) is 17.8 Å². The molecule has 6 aliphatic rings. The van der Waals surface area contributed by atoms with Crippen molar-refractivity contribution in [2.75, 3.05) is 58.9 Å². The molecule has 0 radical (unpaired) electrons. The van der Waals surface area contributed by atoms with Gasteiger partial charge < -0.3 is 30.9 Å². The Morgan fingerprint density at radius 2 is 0.764 bits per heavy atom. The highest BCUT2D eigenvalue weighted by Crippen LogP contribution is 2.47. The lowest BCUT2D eigenvalue weighted by molar-refractivity contribution is -0.120. The topological polar surface area (TPSA) is 144 Å². The third-order valence-corrected chi connectivity index (χ3v) is 17.4. The highest BCUT2D eigenvalue weighted by molar-refractivity contribution is 5.90. The minimum Gasteiger partial charge on any atom is -0.361 e. The van der Waals surface area contributed by atoms with E-state index in [2.05, 4.69) is 140 Å².